The Hall–Kier alpha value is -2.48. The van der Waals surface area contributed by atoms with E-state index in [1.165, 1.54) is 6.07 Å². The maximum Gasteiger partial charge on any atom is 0.270 e. The summed E-state index contributed by atoms with van der Waals surface area (Å²) in [6.07, 6.45) is 4.89. The highest BCUT2D eigenvalue weighted by Crippen LogP contribution is 2.41. The van der Waals surface area contributed by atoms with Gasteiger partial charge in [0.25, 0.3) is 5.91 Å². The summed E-state index contributed by atoms with van der Waals surface area (Å²) in [5, 5.41) is 15.3. The third-order valence-corrected chi connectivity index (χ3v) is 6.18. The number of ketones is 1. The lowest BCUT2D eigenvalue weighted by molar-refractivity contribution is -0.128. The maximum atomic E-state index is 13.1. The Balaban J connectivity index is 1.78. The van der Waals surface area contributed by atoms with Crippen molar-refractivity contribution in [3.8, 4) is 5.88 Å². The largest absolute Gasteiger partial charge is 0.493 e. The molecule has 1 aromatic heterocycles. The van der Waals surface area contributed by atoms with E-state index in [0.717, 1.165) is 25.7 Å². The highest BCUT2D eigenvalue weighted by molar-refractivity contribution is 5.98. The van der Waals surface area contributed by atoms with Gasteiger partial charge in [-0.05, 0) is 49.7 Å². The van der Waals surface area contributed by atoms with Crippen molar-refractivity contribution in [3.63, 3.8) is 0 Å². The molecule has 3 N–H and O–H groups in total. The van der Waals surface area contributed by atoms with Gasteiger partial charge in [-0.25, -0.2) is 4.98 Å². The molecule has 2 aliphatic rings. The number of Topliss-reactive ketones (excluding diaryl/α,β-unsaturated/α-hetero) is 1. The molecular formula is C22H31N3O5. The van der Waals surface area contributed by atoms with Gasteiger partial charge in [-0.3, -0.25) is 14.4 Å². The minimum atomic E-state index is -0.809. The van der Waals surface area contributed by atoms with E-state index < -0.39 is 23.9 Å². The fourth-order valence-corrected chi connectivity index (χ4v) is 4.50. The average molecular weight is 418 g/mol. The Morgan fingerprint density at radius 3 is 2.67 bits per heavy atom. The summed E-state index contributed by atoms with van der Waals surface area (Å²) in [6, 6.07) is 1.51. The Labute approximate surface area is 176 Å². The average Bonchev–Trinajstić information content (AvgIpc) is 3.26. The number of ether oxygens (including phenoxy) is 1. The summed E-state index contributed by atoms with van der Waals surface area (Å²) < 4.78 is 5.45. The molecule has 0 radical (unpaired) electrons. The van der Waals surface area contributed by atoms with Crippen LogP contribution >= 0.6 is 0 Å². The molecule has 164 valence electrons. The van der Waals surface area contributed by atoms with Gasteiger partial charge < -0.3 is 20.5 Å². The monoisotopic (exact) mass is 417 g/mol. The van der Waals surface area contributed by atoms with E-state index in [4.69, 9.17) is 4.74 Å². The van der Waals surface area contributed by atoms with Gasteiger partial charge in [0.2, 0.25) is 11.8 Å². The number of carbonyl (C=O) groups excluding carboxylic acids is 3. The summed E-state index contributed by atoms with van der Waals surface area (Å²) in [4.78, 5) is 42.0. The summed E-state index contributed by atoms with van der Waals surface area (Å²) in [5.74, 6) is -1.33. The van der Waals surface area contributed by atoms with Crippen LogP contribution in [0.5, 0.6) is 5.88 Å². The molecule has 30 heavy (non-hydrogen) atoms. The summed E-state index contributed by atoms with van der Waals surface area (Å²) >= 11 is 0. The molecule has 3 atom stereocenters. The number of hydrogen-bond donors (Lipinski definition) is 3. The van der Waals surface area contributed by atoms with Crippen molar-refractivity contribution in [1.29, 1.82) is 0 Å². The number of hydrogen-bond acceptors (Lipinski definition) is 6. The highest BCUT2D eigenvalue weighted by Gasteiger charge is 2.40. The van der Waals surface area contributed by atoms with Crippen LogP contribution in [0.25, 0.3) is 0 Å². The molecule has 8 heteroatoms. The van der Waals surface area contributed by atoms with Crippen molar-refractivity contribution >= 4 is 17.6 Å². The van der Waals surface area contributed by atoms with E-state index in [-0.39, 0.29) is 35.5 Å². The van der Waals surface area contributed by atoms with E-state index in [9.17, 15) is 19.5 Å². The smallest absolute Gasteiger partial charge is 0.270 e. The van der Waals surface area contributed by atoms with Crippen LogP contribution in [-0.2, 0) is 14.3 Å². The number of pyridine rings is 1. The van der Waals surface area contributed by atoms with Gasteiger partial charge in [0.15, 0.2) is 5.78 Å². The number of aromatic hydroxyl groups is 1. The summed E-state index contributed by atoms with van der Waals surface area (Å²) in [5.41, 5.74) is 0.683. The van der Waals surface area contributed by atoms with Gasteiger partial charge in [0.05, 0.1) is 6.10 Å². The molecule has 0 unspecified atom stereocenters. The second kappa shape index (κ2) is 9.12. The van der Waals surface area contributed by atoms with Crippen molar-refractivity contribution in [2.75, 3.05) is 6.61 Å². The van der Waals surface area contributed by atoms with Gasteiger partial charge in [0, 0.05) is 6.07 Å². The van der Waals surface area contributed by atoms with Gasteiger partial charge in [-0.1, -0.05) is 26.7 Å². The van der Waals surface area contributed by atoms with E-state index in [2.05, 4.69) is 22.5 Å². The third kappa shape index (κ3) is 5.16. The van der Waals surface area contributed by atoms with Crippen LogP contribution < -0.4 is 10.6 Å². The van der Waals surface area contributed by atoms with Crippen molar-refractivity contribution in [2.45, 2.75) is 77.5 Å². The maximum absolute atomic E-state index is 13.1. The van der Waals surface area contributed by atoms with Crippen molar-refractivity contribution in [3.05, 3.63) is 23.4 Å². The second-order valence-corrected chi connectivity index (χ2v) is 8.85. The zero-order valence-electron chi connectivity index (χ0n) is 17.9. The molecule has 1 aliphatic carbocycles. The lowest BCUT2D eigenvalue weighted by Gasteiger charge is -2.30. The number of amides is 2. The van der Waals surface area contributed by atoms with Gasteiger partial charge in [-0.15, -0.1) is 0 Å². The lowest BCUT2D eigenvalue weighted by Crippen LogP contribution is -2.54. The van der Waals surface area contributed by atoms with Gasteiger partial charge >= 0.3 is 0 Å². The van der Waals surface area contributed by atoms with Crippen LogP contribution in [0.3, 0.4) is 0 Å². The lowest BCUT2D eigenvalue weighted by atomic mass is 9.81. The van der Waals surface area contributed by atoms with E-state index in [0.29, 0.717) is 18.4 Å². The topological polar surface area (TPSA) is 118 Å². The van der Waals surface area contributed by atoms with Crippen LogP contribution in [0.2, 0.25) is 0 Å². The normalized spacial score (nSPS) is 23.9. The standard InChI is InChI=1S/C22H31N3O5/c1-4-17-19(16(26)12-30-17)25-21(29)15(11-22(3)7-5-6-8-22)24-20(28)14-9-13(2)10-18(27)23-14/h9-10,15,17,19H,4-8,11-12H2,1-3H3,(H,23,27)(H,24,28)(H,25,29)/t15-,17-,19+/m0/s1. The molecule has 1 aliphatic heterocycles. The summed E-state index contributed by atoms with van der Waals surface area (Å²) in [7, 11) is 0. The summed E-state index contributed by atoms with van der Waals surface area (Å²) in [6.45, 7) is 5.77. The molecule has 0 spiro atoms. The van der Waals surface area contributed by atoms with Gasteiger partial charge in [0.1, 0.15) is 24.4 Å². The fourth-order valence-electron chi connectivity index (χ4n) is 4.50. The van der Waals surface area contributed by atoms with Crippen molar-refractivity contribution < 1.29 is 24.2 Å². The zero-order valence-corrected chi connectivity index (χ0v) is 17.9. The van der Waals surface area contributed by atoms with E-state index in [1.807, 2.05) is 6.92 Å². The minimum Gasteiger partial charge on any atom is -0.493 e. The van der Waals surface area contributed by atoms with Crippen molar-refractivity contribution in [1.82, 2.24) is 15.6 Å². The molecule has 2 amide bonds. The molecule has 1 aromatic rings. The Morgan fingerprint density at radius 1 is 1.33 bits per heavy atom. The molecule has 0 aromatic carbocycles. The van der Waals surface area contributed by atoms with Crippen LogP contribution in [0.15, 0.2) is 12.1 Å². The predicted molar refractivity (Wildman–Crippen MR) is 110 cm³/mol. The molecule has 2 fully saturated rings. The van der Waals surface area contributed by atoms with Crippen LogP contribution in [0.4, 0.5) is 0 Å². The molecule has 2 heterocycles. The SMILES string of the molecule is CC[C@@H]1OCC(=O)[C@H]1NC(=O)[C@H](CC1(C)CCCC1)NC(=O)c1cc(C)cc(O)n1. The Bertz CT molecular complexity index is 799. The van der Waals surface area contributed by atoms with Crippen molar-refractivity contribution in [2.24, 2.45) is 5.41 Å². The third-order valence-electron chi connectivity index (χ3n) is 6.18. The molecule has 1 saturated heterocycles. The number of aromatic nitrogens is 1. The van der Waals surface area contributed by atoms with E-state index in [1.54, 1.807) is 13.0 Å². The molecule has 0 bridgehead atoms. The number of nitrogens with zero attached hydrogens (tertiary/aromatic N) is 1. The molecular weight excluding hydrogens is 386 g/mol. The Morgan fingerprint density at radius 2 is 2.03 bits per heavy atom. The first-order valence-corrected chi connectivity index (χ1v) is 10.6. The highest BCUT2D eigenvalue weighted by atomic mass is 16.5. The number of rotatable bonds is 7. The van der Waals surface area contributed by atoms with Crippen LogP contribution in [0, 0.1) is 12.3 Å². The predicted octanol–water partition coefficient (Wildman–Crippen LogP) is 2.03. The second-order valence-electron chi connectivity index (χ2n) is 8.85. The number of nitrogens with one attached hydrogen (secondary N) is 2. The number of carbonyl (C=O) groups is 3. The first kappa shape index (κ1) is 22.2. The first-order chi connectivity index (χ1) is 14.2. The van der Waals surface area contributed by atoms with Crippen LogP contribution in [0.1, 0.15) is 68.4 Å². The molecule has 8 nitrogen and oxygen atoms in total. The molecule has 3 rings (SSSR count). The fraction of sp³-hybridized carbons (Fsp3) is 0.636. The first-order valence-electron chi connectivity index (χ1n) is 10.6. The van der Waals surface area contributed by atoms with E-state index >= 15 is 0 Å². The quantitative estimate of drug-likeness (QED) is 0.625. The van der Waals surface area contributed by atoms with Gasteiger partial charge in [-0.2, -0.15) is 0 Å². The minimum absolute atomic E-state index is 0.00924. The Kier molecular flexibility index (Phi) is 6.75. The molecule has 1 saturated carbocycles. The van der Waals surface area contributed by atoms with Crippen LogP contribution in [-0.4, -0.2) is 52.5 Å². The number of aryl methyl sites for hydroxylation is 1. The zero-order chi connectivity index (χ0) is 21.9.